The van der Waals surface area contributed by atoms with E-state index in [1.807, 2.05) is 29.8 Å². The molecule has 0 saturated carbocycles. The number of ether oxygens (including phenoxy) is 1. The van der Waals surface area contributed by atoms with Crippen molar-refractivity contribution in [1.29, 1.82) is 0 Å². The number of hydrogen-bond acceptors (Lipinski definition) is 5. The summed E-state index contributed by atoms with van der Waals surface area (Å²) in [5.41, 5.74) is 8.72. The minimum absolute atomic E-state index is 0.491. The Labute approximate surface area is 111 Å². The van der Waals surface area contributed by atoms with Crippen LogP contribution in [0, 0.1) is 12.8 Å². The van der Waals surface area contributed by atoms with Crippen LogP contribution in [0.3, 0.4) is 0 Å². The van der Waals surface area contributed by atoms with E-state index in [9.17, 15) is 0 Å². The molecule has 2 N–H and O–H groups in total. The molecule has 100 valence electrons. The van der Waals surface area contributed by atoms with Gasteiger partial charge in [-0.2, -0.15) is 0 Å². The van der Waals surface area contributed by atoms with E-state index in [0.29, 0.717) is 5.92 Å². The number of aryl methyl sites for hydroxylation is 1. The second-order valence-corrected chi connectivity index (χ2v) is 4.99. The number of nitrogens with two attached hydrogens (primary N) is 1. The molecule has 2 heterocycles. The Bertz CT molecular complexity index is 574. The lowest BCUT2D eigenvalue weighted by Gasteiger charge is -2.09. The molecule has 3 rings (SSSR count). The van der Waals surface area contributed by atoms with Crippen molar-refractivity contribution >= 4 is 5.69 Å². The Balaban J connectivity index is 1.87. The van der Waals surface area contributed by atoms with Crippen LogP contribution in [0.1, 0.15) is 12.0 Å². The summed E-state index contributed by atoms with van der Waals surface area (Å²) < 4.78 is 7.22. The maximum Gasteiger partial charge on any atom is 0.182 e. The molecule has 0 radical (unpaired) electrons. The summed E-state index contributed by atoms with van der Waals surface area (Å²) in [4.78, 5) is 0. The van der Waals surface area contributed by atoms with E-state index in [4.69, 9.17) is 10.5 Å². The number of nitrogen functional groups attached to an aromatic ring is 1. The molecular formula is C13H17N5O. The summed E-state index contributed by atoms with van der Waals surface area (Å²) in [6.07, 6.45) is 1.06. The van der Waals surface area contributed by atoms with Crippen LogP contribution in [0.5, 0.6) is 0 Å². The predicted octanol–water partition coefficient (Wildman–Crippen LogP) is 1.27. The predicted molar refractivity (Wildman–Crippen MR) is 71.3 cm³/mol. The third kappa shape index (κ3) is 2.44. The van der Waals surface area contributed by atoms with Gasteiger partial charge < -0.3 is 10.5 Å². The van der Waals surface area contributed by atoms with Gasteiger partial charge in [-0.3, -0.25) is 0 Å². The number of hydrogen-bond donors (Lipinski definition) is 1. The average Bonchev–Trinajstić information content (AvgIpc) is 3.05. The fourth-order valence-corrected chi connectivity index (χ4v) is 2.29. The SMILES string of the molecule is Cc1ccc(-c2nnnn2CC2CCOC2)cc1N. The van der Waals surface area contributed by atoms with Crippen molar-refractivity contribution < 1.29 is 4.74 Å². The zero-order chi connectivity index (χ0) is 13.2. The van der Waals surface area contributed by atoms with Gasteiger partial charge in [0.05, 0.1) is 13.2 Å². The van der Waals surface area contributed by atoms with Crippen LogP contribution in [0.2, 0.25) is 0 Å². The fourth-order valence-electron chi connectivity index (χ4n) is 2.29. The van der Waals surface area contributed by atoms with Crippen LogP contribution in [-0.2, 0) is 11.3 Å². The normalized spacial score (nSPS) is 18.9. The maximum atomic E-state index is 5.94. The van der Waals surface area contributed by atoms with Crippen LogP contribution in [0.4, 0.5) is 5.69 Å². The van der Waals surface area contributed by atoms with Gasteiger partial charge in [-0.05, 0) is 35.4 Å². The van der Waals surface area contributed by atoms with Crippen molar-refractivity contribution in [2.45, 2.75) is 19.9 Å². The summed E-state index contributed by atoms with van der Waals surface area (Å²) in [5.74, 6) is 1.25. The highest BCUT2D eigenvalue weighted by molar-refractivity contribution is 5.63. The maximum absolute atomic E-state index is 5.94. The Morgan fingerprint density at radius 2 is 2.37 bits per heavy atom. The number of tetrazole rings is 1. The summed E-state index contributed by atoms with van der Waals surface area (Å²) >= 11 is 0. The highest BCUT2D eigenvalue weighted by Crippen LogP contribution is 2.23. The highest BCUT2D eigenvalue weighted by Gasteiger charge is 2.19. The number of rotatable bonds is 3. The monoisotopic (exact) mass is 259 g/mol. The topological polar surface area (TPSA) is 78.8 Å². The Morgan fingerprint density at radius 3 is 3.11 bits per heavy atom. The number of anilines is 1. The number of benzene rings is 1. The second-order valence-electron chi connectivity index (χ2n) is 4.99. The van der Waals surface area contributed by atoms with Crippen LogP contribution < -0.4 is 5.73 Å². The lowest BCUT2D eigenvalue weighted by molar-refractivity contribution is 0.181. The third-order valence-corrected chi connectivity index (χ3v) is 3.52. The van der Waals surface area contributed by atoms with E-state index in [1.54, 1.807) is 0 Å². The van der Waals surface area contributed by atoms with Crippen molar-refractivity contribution in [3.63, 3.8) is 0 Å². The molecule has 1 fully saturated rings. The molecule has 1 aliphatic rings. The molecule has 6 nitrogen and oxygen atoms in total. The lowest BCUT2D eigenvalue weighted by atomic mass is 10.1. The van der Waals surface area contributed by atoms with E-state index in [0.717, 1.165) is 48.8 Å². The van der Waals surface area contributed by atoms with E-state index >= 15 is 0 Å². The average molecular weight is 259 g/mol. The molecule has 1 atom stereocenters. The van der Waals surface area contributed by atoms with Gasteiger partial charge in [0.1, 0.15) is 0 Å². The Hall–Kier alpha value is -1.95. The van der Waals surface area contributed by atoms with Crippen LogP contribution in [0.25, 0.3) is 11.4 Å². The molecule has 0 spiro atoms. The minimum atomic E-state index is 0.491. The molecule has 1 aliphatic heterocycles. The van der Waals surface area contributed by atoms with Gasteiger partial charge in [-0.15, -0.1) is 5.10 Å². The standard InChI is InChI=1S/C13H17N5O/c1-9-2-3-11(6-12(9)14)13-15-16-17-18(13)7-10-4-5-19-8-10/h2-3,6,10H,4-5,7-8,14H2,1H3. The molecule has 0 bridgehead atoms. The molecular weight excluding hydrogens is 242 g/mol. The van der Waals surface area contributed by atoms with Crippen LogP contribution >= 0.6 is 0 Å². The van der Waals surface area contributed by atoms with Crippen LogP contribution in [-0.4, -0.2) is 33.4 Å². The zero-order valence-corrected chi connectivity index (χ0v) is 10.9. The molecule has 19 heavy (non-hydrogen) atoms. The van der Waals surface area contributed by atoms with Crippen molar-refractivity contribution in [3.8, 4) is 11.4 Å². The van der Waals surface area contributed by atoms with E-state index < -0.39 is 0 Å². The second kappa shape index (κ2) is 4.97. The first kappa shape index (κ1) is 12.1. The summed E-state index contributed by atoms with van der Waals surface area (Å²) in [6.45, 7) is 4.39. The first-order valence-corrected chi connectivity index (χ1v) is 6.44. The first-order chi connectivity index (χ1) is 9.24. The molecule has 1 saturated heterocycles. The smallest absolute Gasteiger partial charge is 0.182 e. The van der Waals surface area contributed by atoms with Crippen molar-refractivity contribution in [3.05, 3.63) is 23.8 Å². The van der Waals surface area contributed by atoms with Gasteiger partial charge in [0.25, 0.3) is 0 Å². The van der Waals surface area contributed by atoms with E-state index in [1.165, 1.54) is 0 Å². The molecule has 1 unspecified atom stereocenters. The number of nitrogens with zero attached hydrogens (tertiary/aromatic N) is 4. The van der Waals surface area contributed by atoms with Gasteiger partial charge >= 0.3 is 0 Å². The molecule has 0 amide bonds. The fraction of sp³-hybridized carbons (Fsp3) is 0.462. The van der Waals surface area contributed by atoms with E-state index in [-0.39, 0.29) is 0 Å². The molecule has 0 aliphatic carbocycles. The number of aromatic nitrogens is 4. The van der Waals surface area contributed by atoms with Gasteiger partial charge in [0.15, 0.2) is 5.82 Å². The van der Waals surface area contributed by atoms with E-state index in [2.05, 4.69) is 15.5 Å². The van der Waals surface area contributed by atoms with Gasteiger partial charge in [0, 0.05) is 23.8 Å². The van der Waals surface area contributed by atoms with Gasteiger partial charge in [0.2, 0.25) is 0 Å². The summed E-state index contributed by atoms with van der Waals surface area (Å²) in [6, 6.07) is 5.91. The van der Waals surface area contributed by atoms with Gasteiger partial charge in [-0.1, -0.05) is 12.1 Å². The van der Waals surface area contributed by atoms with Crippen LogP contribution in [0.15, 0.2) is 18.2 Å². The van der Waals surface area contributed by atoms with Crippen molar-refractivity contribution in [2.75, 3.05) is 18.9 Å². The zero-order valence-electron chi connectivity index (χ0n) is 10.9. The molecule has 6 heteroatoms. The molecule has 1 aromatic heterocycles. The van der Waals surface area contributed by atoms with Crippen molar-refractivity contribution in [1.82, 2.24) is 20.2 Å². The van der Waals surface area contributed by atoms with Gasteiger partial charge in [-0.25, -0.2) is 4.68 Å². The Kier molecular flexibility index (Phi) is 3.16. The van der Waals surface area contributed by atoms with Crippen molar-refractivity contribution in [2.24, 2.45) is 5.92 Å². The molecule has 1 aromatic carbocycles. The first-order valence-electron chi connectivity index (χ1n) is 6.44. The lowest BCUT2D eigenvalue weighted by Crippen LogP contribution is -2.13. The third-order valence-electron chi connectivity index (χ3n) is 3.52. The summed E-state index contributed by atoms with van der Waals surface area (Å²) in [5, 5.41) is 11.9. The quantitative estimate of drug-likeness (QED) is 0.840. The highest BCUT2D eigenvalue weighted by atomic mass is 16.5. The minimum Gasteiger partial charge on any atom is -0.398 e. The molecule has 2 aromatic rings. The summed E-state index contributed by atoms with van der Waals surface area (Å²) in [7, 11) is 0. The largest absolute Gasteiger partial charge is 0.398 e. The Morgan fingerprint density at radius 1 is 1.47 bits per heavy atom.